The van der Waals surface area contributed by atoms with E-state index in [9.17, 15) is 27.9 Å². The molecule has 0 saturated heterocycles. The van der Waals surface area contributed by atoms with Crippen LogP contribution in [0.1, 0.15) is 72.1 Å². The van der Waals surface area contributed by atoms with Gasteiger partial charge in [-0.15, -0.1) is 0 Å². The van der Waals surface area contributed by atoms with E-state index in [2.05, 4.69) is 6.92 Å². The summed E-state index contributed by atoms with van der Waals surface area (Å²) in [6.07, 6.45) is 3.45. The number of carbonyl (C=O) groups excluding carboxylic acids is 3. The molecule has 0 amide bonds. The number of Topliss-reactive ketones (excluding diaryl/α,β-unsaturated/α-hetero) is 2. The van der Waals surface area contributed by atoms with Crippen LogP contribution in [0.3, 0.4) is 0 Å². The Bertz CT molecular complexity index is 961. The average Bonchev–Trinajstić information content (AvgIpc) is 2.96. The molecule has 0 aromatic rings. The van der Waals surface area contributed by atoms with E-state index in [1.54, 1.807) is 0 Å². The second-order valence-electron chi connectivity index (χ2n) is 11.1. The molecule has 0 bridgehead atoms. The van der Waals surface area contributed by atoms with Crippen molar-refractivity contribution in [3.8, 4) is 0 Å². The fourth-order valence-electron chi connectivity index (χ4n) is 8.04. The number of hydrogen-bond acceptors (Lipinski definition) is 8. The Morgan fingerprint density at radius 1 is 1.12 bits per heavy atom. The normalized spacial score (nSPS) is 45.0. The van der Waals surface area contributed by atoms with Gasteiger partial charge in [0, 0.05) is 24.7 Å². The maximum atomic E-state index is 13.6. The third-order valence-corrected chi connectivity index (χ3v) is 10.1. The van der Waals surface area contributed by atoms with Gasteiger partial charge in [-0.1, -0.05) is 13.8 Å². The molecule has 0 aromatic heterocycles. The maximum Gasteiger partial charge on any atom is 0.397 e. The Balaban J connectivity index is 1.57. The summed E-state index contributed by atoms with van der Waals surface area (Å²) in [5.74, 6) is -1.18. The van der Waals surface area contributed by atoms with Crippen LogP contribution in [0.5, 0.6) is 0 Å². The lowest BCUT2D eigenvalue weighted by atomic mass is 9.44. The maximum absolute atomic E-state index is 13.6. The van der Waals surface area contributed by atoms with E-state index in [-0.39, 0.29) is 47.7 Å². The number of fused-ring (bicyclic) bond motifs is 5. The lowest BCUT2D eigenvalue weighted by molar-refractivity contribution is -0.181. The molecule has 0 radical (unpaired) electrons. The summed E-state index contributed by atoms with van der Waals surface area (Å²) in [6, 6.07) is 0. The summed E-state index contributed by atoms with van der Waals surface area (Å²) in [6.45, 7) is 4.65. The highest BCUT2D eigenvalue weighted by molar-refractivity contribution is 7.80. The number of esters is 1. The van der Waals surface area contributed by atoms with Crippen molar-refractivity contribution < 1.29 is 41.4 Å². The molecule has 33 heavy (non-hydrogen) atoms. The number of ketones is 2. The van der Waals surface area contributed by atoms with E-state index in [1.165, 1.54) is 6.92 Å². The molecule has 9 nitrogen and oxygen atoms in total. The predicted molar refractivity (Wildman–Crippen MR) is 115 cm³/mol. The highest BCUT2D eigenvalue weighted by Gasteiger charge is 2.69. The molecule has 4 saturated carbocycles. The Morgan fingerprint density at radius 3 is 2.45 bits per heavy atom. The van der Waals surface area contributed by atoms with Gasteiger partial charge in [0.1, 0.15) is 11.4 Å². The zero-order chi connectivity index (χ0) is 24.4. The lowest BCUT2D eigenvalue weighted by Crippen LogP contribution is -2.62. The molecule has 0 aliphatic heterocycles. The molecule has 4 aliphatic rings. The van der Waals surface area contributed by atoms with E-state index in [1.807, 2.05) is 6.92 Å². The van der Waals surface area contributed by atoms with Crippen molar-refractivity contribution in [3.05, 3.63) is 0 Å². The van der Waals surface area contributed by atoms with Crippen LogP contribution in [-0.2, 0) is 33.7 Å². The zero-order valence-corrected chi connectivity index (χ0v) is 20.2. The molecule has 0 aromatic carbocycles. The minimum absolute atomic E-state index is 0.00366. The van der Waals surface area contributed by atoms with Crippen molar-refractivity contribution in [1.29, 1.82) is 0 Å². The van der Waals surface area contributed by atoms with Crippen LogP contribution in [0, 0.1) is 34.5 Å². The van der Waals surface area contributed by atoms with Gasteiger partial charge in [0.05, 0.1) is 6.10 Å². The van der Waals surface area contributed by atoms with Crippen LogP contribution >= 0.6 is 0 Å². The van der Waals surface area contributed by atoms with E-state index >= 15 is 0 Å². The van der Waals surface area contributed by atoms with E-state index < -0.39 is 45.9 Å². The van der Waals surface area contributed by atoms with Gasteiger partial charge in [-0.05, 0) is 68.1 Å². The van der Waals surface area contributed by atoms with Crippen molar-refractivity contribution in [2.45, 2.75) is 83.8 Å². The van der Waals surface area contributed by atoms with E-state index in [0.717, 1.165) is 12.8 Å². The van der Waals surface area contributed by atoms with Gasteiger partial charge in [0.25, 0.3) is 0 Å². The van der Waals surface area contributed by atoms with Crippen LogP contribution in [0.15, 0.2) is 0 Å². The lowest BCUT2D eigenvalue weighted by Gasteiger charge is -2.60. The standard InChI is InChI=1S/C23H34O9S/c1-13(24)31-12-19(26)23(27)9-7-17-16-5-4-14-10-15(32-33(28,29)30)6-8-21(14,2)20(16)18(25)11-22(17,23)3/h14-17,20,27H,4-12H2,1-3H3,(H,28,29,30). The molecule has 4 aliphatic carbocycles. The summed E-state index contributed by atoms with van der Waals surface area (Å²) in [7, 11) is -4.52. The van der Waals surface area contributed by atoms with Crippen LogP contribution in [0.25, 0.3) is 0 Å². The largest absolute Gasteiger partial charge is 0.458 e. The van der Waals surface area contributed by atoms with Crippen LogP contribution in [0.2, 0.25) is 0 Å². The minimum atomic E-state index is -4.52. The summed E-state index contributed by atoms with van der Waals surface area (Å²) in [4.78, 5) is 37.7. The Morgan fingerprint density at radius 2 is 1.82 bits per heavy atom. The van der Waals surface area contributed by atoms with Gasteiger partial charge in [0.2, 0.25) is 5.78 Å². The molecule has 186 valence electrons. The van der Waals surface area contributed by atoms with Crippen molar-refractivity contribution in [2.75, 3.05) is 6.61 Å². The second-order valence-corrected chi connectivity index (χ2v) is 12.2. The first kappa shape index (κ1) is 24.8. The highest BCUT2D eigenvalue weighted by Crippen LogP contribution is 2.67. The van der Waals surface area contributed by atoms with Gasteiger partial charge in [-0.2, -0.15) is 8.42 Å². The number of aliphatic hydroxyl groups is 1. The molecule has 4 rings (SSSR count). The molecular weight excluding hydrogens is 452 g/mol. The SMILES string of the molecule is CC(=O)OCC(=O)C1(O)CCC2C3CCC4CC(OS(=O)(=O)O)CCC4(C)C3C(=O)CC21C. The molecule has 8 unspecified atom stereocenters. The number of carbonyl (C=O) groups is 3. The molecular formula is C23H34O9S. The summed E-state index contributed by atoms with van der Waals surface area (Å²) >= 11 is 0. The summed E-state index contributed by atoms with van der Waals surface area (Å²) < 4.78 is 41.1. The molecule has 0 heterocycles. The van der Waals surface area contributed by atoms with Crippen LogP contribution in [0.4, 0.5) is 0 Å². The van der Waals surface area contributed by atoms with Crippen molar-refractivity contribution >= 4 is 27.9 Å². The summed E-state index contributed by atoms with van der Waals surface area (Å²) in [5.41, 5.74) is -2.92. The van der Waals surface area contributed by atoms with Crippen LogP contribution in [-0.4, -0.2) is 53.9 Å². The minimum Gasteiger partial charge on any atom is -0.458 e. The molecule has 0 spiro atoms. The van der Waals surface area contributed by atoms with Gasteiger partial charge in [-0.3, -0.25) is 18.9 Å². The molecule has 2 N–H and O–H groups in total. The highest BCUT2D eigenvalue weighted by atomic mass is 32.3. The summed E-state index contributed by atoms with van der Waals surface area (Å²) in [5, 5.41) is 11.5. The third-order valence-electron chi connectivity index (χ3n) is 9.58. The van der Waals surface area contributed by atoms with Gasteiger partial charge >= 0.3 is 16.4 Å². The first-order valence-electron chi connectivity index (χ1n) is 11.8. The number of rotatable bonds is 5. The van der Waals surface area contributed by atoms with Crippen molar-refractivity contribution in [1.82, 2.24) is 0 Å². The smallest absolute Gasteiger partial charge is 0.397 e. The quantitative estimate of drug-likeness (QED) is 0.441. The third kappa shape index (κ3) is 3.96. The van der Waals surface area contributed by atoms with Crippen molar-refractivity contribution in [3.63, 3.8) is 0 Å². The Kier molecular flexibility index (Phi) is 6.08. The first-order valence-corrected chi connectivity index (χ1v) is 13.2. The van der Waals surface area contributed by atoms with Gasteiger partial charge in [0.15, 0.2) is 6.61 Å². The topological polar surface area (TPSA) is 144 Å². The fraction of sp³-hybridized carbons (Fsp3) is 0.870. The Hall–Kier alpha value is -1.36. The monoisotopic (exact) mass is 486 g/mol. The first-order chi connectivity index (χ1) is 15.2. The van der Waals surface area contributed by atoms with Gasteiger partial charge in [-0.25, -0.2) is 4.18 Å². The zero-order valence-electron chi connectivity index (χ0n) is 19.4. The average molecular weight is 487 g/mol. The van der Waals surface area contributed by atoms with Crippen LogP contribution < -0.4 is 0 Å². The van der Waals surface area contributed by atoms with E-state index in [4.69, 9.17) is 13.5 Å². The molecule has 8 atom stereocenters. The molecule has 4 fully saturated rings. The number of ether oxygens (including phenoxy) is 1. The van der Waals surface area contributed by atoms with Crippen molar-refractivity contribution in [2.24, 2.45) is 34.5 Å². The fourth-order valence-corrected chi connectivity index (χ4v) is 8.56. The number of hydrogen-bond donors (Lipinski definition) is 2. The van der Waals surface area contributed by atoms with Gasteiger partial charge < -0.3 is 9.84 Å². The van der Waals surface area contributed by atoms with E-state index in [0.29, 0.717) is 25.7 Å². The second kappa shape index (κ2) is 8.10. The predicted octanol–water partition coefficient (Wildman–Crippen LogP) is 2.26. The molecule has 10 heteroatoms. The Labute approximate surface area is 194 Å².